The summed E-state index contributed by atoms with van der Waals surface area (Å²) in [6.45, 7) is 1.64. The van der Waals surface area contributed by atoms with Gasteiger partial charge in [0.15, 0.2) is 0 Å². The lowest BCUT2D eigenvalue weighted by molar-refractivity contribution is 0.0943. The largest absolute Gasteiger partial charge is 0.398 e. The van der Waals surface area contributed by atoms with Gasteiger partial charge in [-0.3, -0.25) is 4.79 Å². The van der Waals surface area contributed by atoms with Gasteiger partial charge >= 0.3 is 0 Å². The molecule has 0 aromatic heterocycles. The summed E-state index contributed by atoms with van der Waals surface area (Å²) in [4.78, 5) is 11.8. The van der Waals surface area contributed by atoms with Gasteiger partial charge in [-0.05, 0) is 41.1 Å². The van der Waals surface area contributed by atoms with Crippen molar-refractivity contribution in [3.8, 4) is 0 Å². The van der Waals surface area contributed by atoms with Crippen molar-refractivity contribution in [2.75, 3.05) is 17.7 Å². The molecule has 0 fully saturated rings. The number of sulfone groups is 1. The van der Waals surface area contributed by atoms with E-state index < -0.39 is 15.9 Å². The van der Waals surface area contributed by atoms with Gasteiger partial charge in [0.25, 0.3) is 5.91 Å². The maximum Gasteiger partial charge on any atom is 0.251 e. The van der Waals surface area contributed by atoms with Crippen LogP contribution in [0.15, 0.2) is 22.7 Å². The van der Waals surface area contributed by atoms with Crippen LogP contribution in [0.5, 0.6) is 0 Å². The van der Waals surface area contributed by atoms with Gasteiger partial charge in [-0.1, -0.05) is 0 Å². The average molecular weight is 335 g/mol. The molecular formula is C11H15BrN2O3S. The second-order valence-electron chi connectivity index (χ2n) is 4.20. The van der Waals surface area contributed by atoms with Gasteiger partial charge in [-0.25, -0.2) is 8.42 Å². The molecule has 0 spiro atoms. The molecule has 0 aliphatic rings. The Labute approximate surface area is 115 Å². The Morgan fingerprint density at radius 1 is 1.50 bits per heavy atom. The molecule has 100 valence electrons. The molecular weight excluding hydrogens is 320 g/mol. The zero-order valence-corrected chi connectivity index (χ0v) is 12.5. The third kappa shape index (κ3) is 4.66. The van der Waals surface area contributed by atoms with Crippen LogP contribution in [-0.4, -0.2) is 32.4 Å². The lowest BCUT2D eigenvalue weighted by Gasteiger charge is -2.13. The number of carbonyl (C=O) groups excluding carboxylic acids is 1. The van der Waals surface area contributed by atoms with Crippen molar-refractivity contribution >= 4 is 37.4 Å². The molecule has 3 N–H and O–H groups in total. The van der Waals surface area contributed by atoms with E-state index in [-0.39, 0.29) is 11.7 Å². The van der Waals surface area contributed by atoms with Crippen molar-refractivity contribution in [3.05, 3.63) is 28.2 Å². The number of nitrogens with two attached hydrogens (primary N) is 1. The summed E-state index contributed by atoms with van der Waals surface area (Å²) in [5.74, 6) is -0.415. The van der Waals surface area contributed by atoms with Crippen LogP contribution in [0.25, 0.3) is 0 Å². The molecule has 5 nitrogen and oxygen atoms in total. The standard InChI is InChI=1S/C11H15BrN2O3S/c1-7(6-18(2,16)17)14-11(15)8-3-4-10(13)9(12)5-8/h3-5,7H,6,13H2,1-2H3,(H,14,15). The van der Waals surface area contributed by atoms with Crippen LogP contribution in [0.1, 0.15) is 17.3 Å². The van der Waals surface area contributed by atoms with Gasteiger partial charge in [0, 0.05) is 28.0 Å². The first-order valence-electron chi connectivity index (χ1n) is 5.22. The number of amides is 1. The van der Waals surface area contributed by atoms with Crippen molar-refractivity contribution in [2.24, 2.45) is 0 Å². The number of hydrogen-bond donors (Lipinski definition) is 2. The monoisotopic (exact) mass is 334 g/mol. The normalized spacial score (nSPS) is 13.1. The molecule has 0 saturated heterocycles. The molecule has 1 aromatic carbocycles. The molecule has 0 saturated carbocycles. The fourth-order valence-electron chi connectivity index (χ4n) is 1.47. The predicted molar refractivity (Wildman–Crippen MR) is 75.2 cm³/mol. The van der Waals surface area contributed by atoms with Crippen LogP contribution in [0.4, 0.5) is 5.69 Å². The second-order valence-corrected chi connectivity index (χ2v) is 7.24. The Morgan fingerprint density at radius 2 is 2.11 bits per heavy atom. The molecule has 18 heavy (non-hydrogen) atoms. The van der Waals surface area contributed by atoms with Crippen molar-refractivity contribution < 1.29 is 13.2 Å². The highest BCUT2D eigenvalue weighted by atomic mass is 79.9. The Morgan fingerprint density at radius 3 is 2.61 bits per heavy atom. The maximum atomic E-state index is 11.8. The van der Waals surface area contributed by atoms with Crippen LogP contribution < -0.4 is 11.1 Å². The Bertz CT molecular complexity index is 557. The lowest BCUT2D eigenvalue weighted by atomic mass is 10.2. The average Bonchev–Trinajstić information content (AvgIpc) is 2.18. The first-order valence-corrected chi connectivity index (χ1v) is 8.08. The van der Waals surface area contributed by atoms with E-state index in [0.29, 0.717) is 15.7 Å². The number of hydrogen-bond acceptors (Lipinski definition) is 4. The van der Waals surface area contributed by atoms with Crippen LogP contribution in [0.3, 0.4) is 0 Å². The van der Waals surface area contributed by atoms with Gasteiger partial charge in [0.1, 0.15) is 9.84 Å². The number of rotatable bonds is 4. The quantitative estimate of drug-likeness (QED) is 0.809. The molecule has 1 atom stereocenters. The summed E-state index contributed by atoms with van der Waals surface area (Å²) in [5, 5.41) is 2.62. The van der Waals surface area contributed by atoms with Crippen LogP contribution in [0.2, 0.25) is 0 Å². The third-order valence-corrected chi connectivity index (χ3v) is 3.99. The summed E-state index contributed by atoms with van der Waals surface area (Å²) >= 11 is 3.23. The minimum atomic E-state index is -3.11. The predicted octanol–water partition coefficient (Wildman–Crippen LogP) is 1.19. The molecule has 0 aliphatic carbocycles. The summed E-state index contributed by atoms with van der Waals surface area (Å²) in [5.41, 5.74) is 6.58. The third-order valence-electron chi connectivity index (χ3n) is 2.19. The van der Waals surface area contributed by atoms with E-state index in [2.05, 4.69) is 21.2 Å². The molecule has 1 aromatic rings. The minimum Gasteiger partial charge on any atom is -0.398 e. The first-order chi connectivity index (χ1) is 8.19. The molecule has 1 amide bonds. The number of nitrogen functional groups attached to an aromatic ring is 1. The van der Waals surface area contributed by atoms with Crippen LogP contribution in [-0.2, 0) is 9.84 Å². The molecule has 0 radical (unpaired) electrons. The fourth-order valence-corrected chi connectivity index (χ4v) is 2.84. The summed E-state index contributed by atoms with van der Waals surface area (Å²) in [6, 6.07) is 4.35. The van der Waals surface area contributed by atoms with Gasteiger partial charge in [0.05, 0.1) is 5.75 Å². The lowest BCUT2D eigenvalue weighted by Crippen LogP contribution is -2.37. The zero-order chi connectivity index (χ0) is 13.9. The number of carbonyl (C=O) groups is 1. The van der Waals surface area contributed by atoms with Crippen molar-refractivity contribution in [1.29, 1.82) is 0 Å². The van der Waals surface area contributed by atoms with Gasteiger partial charge in [-0.15, -0.1) is 0 Å². The van der Waals surface area contributed by atoms with Crippen LogP contribution in [0, 0.1) is 0 Å². The highest BCUT2D eigenvalue weighted by molar-refractivity contribution is 9.10. The molecule has 1 unspecified atom stereocenters. The highest BCUT2D eigenvalue weighted by Gasteiger charge is 2.14. The number of benzene rings is 1. The van der Waals surface area contributed by atoms with Crippen LogP contribution >= 0.6 is 15.9 Å². The number of nitrogens with one attached hydrogen (secondary N) is 1. The first kappa shape index (κ1) is 15.0. The molecule has 0 heterocycles. The number of halogens is 1. The summed E-state index contributed by atoms with van der Waals surface area (Å²) in [6.07, 6.45) is 1.13. The van der Waals surface area contributed by atoms with E-state index in [1.807, 2.05) is 0 Å². The highest BCUT2D eigenvalue weighted by Crippen LogP contribution is 2.20. The van der Waals surface area contributed by atoms with Crippen molar-refractivity contribution in [3.63, 3.8) is 0 Å². The van der Waals surface area contributed by atoms with Crippen molar-refractivity contribution in [1.82, 2.24) is 5.32 Å². The smallest absolute Gasteiger partial charge is 0.251 e. The van der Waals surface area contributed by atoms with E-state index in [1.165, 1.54) is 0 Å². The molecule has 0 aliphatic heterocycles. The van der Waals surface area contributed by atoms with E-state index in [0.717, 1.165) is 6.26 Å². The van der Waals surface area contributed by atoms with Crippen molar-refractivity contribution in [2.45, 2.75) is 13.0 Å². The van der Waals surface area contributed by atoms with E-state index in [4.69, 9.17) is 5.73 Å². The number of anilines is 1. The zero-order valence-electron chi connectivity index (χ0n) is 10.1. The Kier molecular flexibility index (Phi) is 4.75. The van der Waals surface area contributed by atoms with Gasteiger partial charge in [-0.2, -0.15) is 0 Å². The summed E-state index contributed by atoms with van der Waals surface area (Å²) < 4.78 is 22.8. The fraction of sp³-hybridized carbons (Fsp3) is 0.364. The Balaban J connectivity index is 2.73. The second kappa shape index (κ2) is 5.71. The van der Waals surface area contributed by atoms with E-state index in [1.54, 1.807) is 25.1 Å². The molecule has 7 heteroatoms. The minimum absolute atomic E-state index is 0.0884. The Hall–Kier alpha value is -1.08. The summed E-state index contributed by atoms with van der Waals surface area (Å²) in [7, 11) is -3.11. The van der Waals surface area contributed by atoms with E-state index in [9.17, 15) is 13.2 Å². The molecule has 0 bridgehead atoms. The van der Waals surface area contributed by atoms with E-state index >= 15 is 0 Å². The van der Waals surface area contributed by atoms with Gasteiger partial charge < -0.3 is 11.1 Å². The molecule has 1 rings (SSSR count). The maximum absolute atomic E-state index is 11.8. The topological polar surface area (TPSA) is 89.3 Å². The SMILES string of the molecule is CC(CS(C)(=O)=O)NC(=O)c1ccc(N)c(Br)c1. The van der Waals surface area contributed by atoms with Gasteiger partial charge in [0.2, 0.25) is 0 Å².